The molecule has 0 aliphatic carbocycles. The van der Waals surface area contributed by atoms with E-state index < -0.39 is 490 Å². The minimum atomic E-state index is -1.12. The van der Waals surface area contributed by atoms with Gasteiger partial charge in [0.05, 0.1) is 74.0 Å². The van der Waals surface area contributed by atoms with Crippen LogP contribution in [0, 0.1) is 0 Å². The van der Waals surface area contributed by atoms with Gasteiger partial charge in [0.25, 0.3) is 0 Å². The number of hydrogen-bond acceptors (Lipinski definition) is 0. The van der Waals surface area contributed by atoms with Gasteiger partial charge in [-0.2, -0.15) is 0 Å². The van der Waals surface area contributed by atoms with Crippen molar-refractivity contribution in [1.82, 2.24) is 0 Å². The highest BCUT2D eigenvalue weighted by molar-refractivity contribution is 6.25. The third-order valence-electron chi connectivity index (χ3n) is 13.4. The van der Waals surface area contributed by atoms with E-state index in [1.165, 1.54) is 0 Å². The van der Waals surface area contributed by atoms with Gasteiger partial charge in [-0.15, -0.1) is 0 Å². The summed E-state index contributed by atoms with van der Waals surface area (Å²) in [6.45, 7) is 0. The summed E-state index contributed by atoms with van der Waals surface area (Å²) in [4.78, 5) is 0. The second-order valence-corrected chi connectivity index (χ2v) is 18.0. The van der Waals surface area contributed by atoms with Gasteiger partial charge < -0.3 is 0 Å². The van der Waals surface area contributed by atoms with Crippen molar-refractivity contribution in [1.29, 1.82) is 0 Å². The zero-order valence-electron chi connectivity index (χ0n) is 96.0. The molecule has 17 aromatic carbocycles. The molecular formula is C84H54. The molecule has 0 heterocycles. The highest BCUT2D eigenvalue weighted by atomic mass is 14.2. The Balaban J connectivity index is 0.000000200. The zero-order chi connectivity index (χ0) is 102. The molecule has 0 spiro atoms. The molecule has 0 saturated heterocycles. The van der Waals surface area contributed by atoms with E-state index in [-0.39, 0.29) is 0 Å². The van der Waals surface area contributed by atoms with Gasteiger partial charge in [0, 0.05) is 0 Å². The molecule has 17 rings (SSSR count). The summed E-state index contributed by atoms with van der Waals surface area (Å²) in [5.74, 6) is 0. The summed E-state index contributed by atoms with van der Waals surface area (Å²) in [5, 5.41) is -12.7. The van der Waals surface area contributed by atoms with Crippen LogP contribution in [-0.2, 0) is 0 Å². The summed E-state index contributed by atoms with van der Waals surface area (Å²) in [7, 11) is 0. The van der Waals surface area contributed by atoms with Gasteiger partial charge in [0.1, 0.15) is 0 Å². The lowest BCUT2D eigenvalue weighted by atomic mass is 9.83. The second-order valence-electron chi connectivity index (χ2n) is 18.0. The molecule has 17 aromatic rings. The van der Waals surface area contributed by atoms with Gasteiger partial charge in [-0.25, -0.2) is 0 Å². The molecule has 0 aromatic heterocycles. The van der Waals surface area contributed by atoms with Crippen molar-refractivity contribution in [2.75, 3.05) is 0 Å². The van der Waals surface area contributed by atoms with Crippen LogP contribution in [-0.4, -0.2) is 0 Å². The average molecular weight is 1120 g/mol. The Labute approximate surface area is 564 Å². The normalized spacial score (nSPS) is 20.6. The van der Waals surface area contributed by atoms with Gasteiger partial charge in [0.2, 0.25) is 0 Å². The number of benzene rings is 17. The van der Waals surface area contributed by atoms with E-state index in [0.29, 0.717) is 0 Å². The molecule has 0 heteroatoms. The lowest BCUT2D eigenvalue weighted by molar-refractivity contribution is 1.64. The largest absolute Gasteiger partial charge is 0.0636 e. The SMILES string of the molecule is [2H]c1c([2H])c([2H])c(-c2c([2H])c(-c3c4c([2H])c([2H])c([2H])c([2H])c4c(-c4c([2H])c([2H])c5c([2H])c([2H])c([2H])c([2H])c5c4[2H])c4c([2H])c([2H])c([2H])c([2H])c34)c([2H])c3c([2H])c([2H])c([2H])c([2H])c23)c([2H])c1[2H].[2H]c1c([2H])c([2H])c2c([2H])c(-c3c([2H])c([2H])c(-c4c5c([2H])c([2H])c([2H])c([2H])c5c(-c5c([2H])c([2H])c6c([2H])c([2H])c([2H])c([2H])c6c5[2H])c5c([2H])c([2H])c([2H])c([2H])c45)c4c([2H])c([2H])c([2H])c([2H])c34)c([2H])c([2H])c2c1[2H]. The highest BCUT2D eigenvalue weighted by Crippen LogP contribution is 2.49. The van der Waals surface area contributed by atoms with Crippen molar-refractivity contribution in [3.05, 3.63) is 326 Å². The summed E-state index contributed by atoms with van der Waals surface area (Å²) in [6.07, 6.45) is 0. The van der Waals surface area contributed by atoms with E-state index in [1.54, 1.807) is 0 Å². The quantitative estimate of drug-likeness (QED) is 0.146. The fourth-order valence-electron chi connectivity index (χ4n) is 9.91. The topological polar surface area (TPSA) is 0 Å². The first-order valence-corrected chi connectivity index (χ1v) is 24.8. The first-order chi connectivity index (χ1) is 64.2. The van der Waals surface area contributed by atoms with Crippen LogP contribution >= 0.6 is 0 Å². The van der Waals surface area contributed by atoms with Gasteiger partial charge in [-0.05, 0) is 194 Å². The van der Waals surface area contributed by atoms with Crippen molar-refractivity contribution in [3.8, 4) is 66.8 Å². The first kappa shape index (κ1) is 18.8. The number of rotatable bonds is 6. The third kappa shape index (κ3) is 8.38. The average Bonchev–Trinajstić information content (AvgIpc) is 0.681. The molecular weight excluding hydrogens is 1010 g/mol. The molecule has 0 amide bonds. The number of hydrogen-bond donors (Lipinski definition) is 0. The van der Waals surface area contributed by atoms with Crippen molar-refractivity contribution < 1.29 is 74.0 Å². The number of fused-ring (bicyclic) bond motifs is 9. The summed E-state index contributed by atoms with van der Waals surface area (Å²) >= 11 is 0. The van der Waals surface area contributed by atoms with Crippen LogP contribution in [0.1, 0.15) is 74.0 Å². The Morgan fingerprint density at radius 2 is 0.440 bits per heavy atom. The highest BCUT2D eigenvalue weighted by Gasteiger charge is 2.21. The minimum absolute atomic E-state index is 0.572. The molecule has 0 radical (unpaired) electrons. The molecule has 0 atom stereocenters. The maximum atomic E-state index is 9.85. The van der Waals surface area contributed by atoms with Gasteiger partial charge in [-0.3, -0.25) is 0 Å². The summed E-state index contributed by atoms with van der Waals surface area (Å²) < 4.78 is 483. The van der Waals surface area contributed by atoms with E-state index in [4.69, 9.17) is 48.0 Å². The van der Waals surface area contributed by atoms with Crippen LogP contribution < -0.4 is 0 Å². The monoisotopic (exact) mass is 1120 g/mol. The molecule has 0 bridgehead atoms. The molecule has 0 fully saturated rings. The van der Waals surface area contributed by atoms with Crippen molar-refractivity contribution in [2.24, 2.45) is 0 Å². The van der Waals surface area contributed by atoms with Crippen molar-refractivity contribution in [2.45, 2.75) is 0 Å². The van der Waals surface area contributed by atoms with Crippen molar-refractivity contribution >= 4 is 97.0 Å². The fourth-order valence-corrected chi connectivity index (χ4v) is 9.91. The molecule has 390 valence electrons. The Hall–Kier alpha value is -10.9. The molecule has 0 aliphatic heterocycles. The van der Waals surface area contributed by atoms with Crippen LogP contribution in [0.15, 0.2) is 326 Å². The molecule has 0 saturated carbocycles. The van der Waals surface area contributed by atoms with E-state index in [1.807, 2.05) is 0 Å². The van der Waals surface area contributed by atoms with Gasteiger partial charge >= 0.3 is 0 Å². The van der Waals surface area contributed by atoms with Crippen LogP contribution in [0.25, 0.3) is 164 Å². The first-order valence-electron chi connectivity index (χ1n) is 51.8. The standard InChI is InChI=1S/C44H28.C40H26/c1-3-13-31-27-33(23-21-29(31)11-1)35-25-26-42(37-16-6-5-15-36(35)37)44-40-19-9-7-17-38(40)43(39-18-8-10-20-41(39)44)34-24-22-30-12-2-4-14-32(30)28-34;1-2-13-28(14-3-1)38-26-32(25-30-16-6-7-17-33(30)38)40-36-20-10-8-18-34(36)39(35-19-9-11-21-37(35)40)31-23-22-27-12-4-5-15-29(27)24-31/h1-28H;1-26H/i1D,2D,3D,4D,5D,6D,7D,8D,9D,10D,11D,12D,13D,14D,15D,16D,17D,18D,19D,20D,21D,22D,23D,24D,25D,26D,27D,28D;1D,2D,3D,4D,5D,6D,7D,8D,9D,10D,11D,12D,13D,14D,15D,16D,17D,18D,19D,20D,21D,22D,23D,24D,25D,26D. The lowest BCUT2D eigenvalue weighted by Crippen LogP contribution is -1.92. The van der Waals surface area contributed by atoms with Crippen LogP contribution in [0.3, 0.4) is 0 Å². The Morgan fingerprint density at radius 1 is 0.143 bits per heavy atom. The molecule has 84 heavy (non-hydrogen) atoms. The smallest absolute Gasteiger partial charge is 0.0622 e. The summed E-state index contributed by atoms with van der Waals surface area (Å²) in [6, 6.07) is -51.2. The predicted octanol–water partition coefficient (Wildman–Crippen LogP) is 23.8. The van der Waals surface area contributed by atoms with E-state index in [2.05, 4.69) is 0 Å². The second kappa shape index (κ2) is 20.6. The Bertz CT molecular complexity index is 8590. The molecule has 0 unspecified atom stereocenters. The van der Waals surface area contributed by atoms with Gasteiger partial charge in [0.15, 0.2) is 0 Å². The molecule has 0 nitrogen and oxygen atoms in total. The fraction of sp³-hybridized carbons (Fsp3) is 0. The third-order valence-corrected chi connectivity index (χ3v) is 13.4. The maximum Gasteiger partial charge on any atom is 0.0636 e. The van der Waals surface area contributed by atoms with E-state index >= 15 is 0 Å². The molecule has 0 N–H and O–H groups in total. The predicted molar refractivity (Wildman–Crippen MR) is 363 cm³/mol. The van der Waals surface area contributed by atoms with Gasteiger partial charge in [-0.1, -0.05) is 296 Å². The maximum absolute atomic E-state index is 9.85. The summed E-state index contributed by atoms with van der Waals surface area (Å²) in [5.41, 5.74) is -9.43. The minimum Gasteiger partial charge on any atom is -0.0622 e. The molecule has 0 aliphatic rings. The van der Waals surface area contributed by atoms with Crippen LogP contribution in [0.4, 0.5) is 0 Å². The Morgan fingerprint density at radius 3 is 0.893 bits per heavy atom. The lowest BCUT2D eigenvalue weighted by Gasteiger charge is -2.20. The zero-order valence-corrected chi connectivity index (χ0v) is 42.0. The van der Waals surface area contributed by atoms with Crippen LogP contribution in [0.2, 0.25) is 0 Å². The van der Waals surface area contributed by atoms with E-state index in [9.17, 15) is 26.0 Å². The van der Waals surface area contributed by atoms with Crippen molar-refractivity contribution in [3.63, 3.8) is 0 Å². The Kier molecular flexibility index (Phi) is 4.60. The van der Waals surface area contributed by atoms with Crippen LogP contribution in [0.5, 0.6) is 0 Å². The van der Waals surface area contributed by atoms with E-state index in [0.717, 1.165) is 0 Å².